The van der Waals surface area contributed by atoms with Gasteiger partial charge < -0.3 is 14.6 Å². The van der Waals surface area contributed by atoms with E-state index < -0.39 is 23.3 Å². The van der Waals surface area contributed by atoms with Crippen LogP contribution in [0.2, 0.25) is 0 Å². The molecular formula is C5HO6W-. The molecule has 64 valence electrons. The summed E-state index contributed by atoms with van der Waals surface area (Å²) in [6.45, 7) is 0. The molecule has 0 bridgehead atoms. The number of esters is 2. The van der Waals surface area contributed by atoms with Crippen molar-refractivity contribution >= 4 is 24.2 Å². The quantitative estimate of drug-likeness (QED) is 0.363. The molecule has 7 heteroatoms. The van der Waals surface area contributed by atoms with Gasteiger partial charge in [0.15, 0.2) is 5.41 Å². The molecule has 0 saturated carbocycles. The van der Waals surface area contributed by atoms with Gasteiger partial charge in [-0.25, -0.2) is 6.29 Å². The summed E-state index contributed by atoms with van der Waals surface area (Å²) in [5.41, 5.74) is -2.71. The zero-order valence-corrected chi connectivity index (χ0v) is 8.33. The maximum absolute atomic E-state index is 10.3. The second kappa shape index (κ2) is 3.14. The molecule has 6 nitrogen and oxygen atoms in total. The zero-order chi connectivity index (χ0) is 8.65. The number of carboxylic acids is 1. The predicted molar refractivity (Wildman–Crippen MR) is 26.9 cm³/mol. The van der Waals surface area contributed by atoms with Gasteiger partial charge in [-0.15, -0.1) is 0 Å². The van der Waals surface area contributed by atoms with E-state index in [1.807, 2.05) is 0 Å². The Balaban J connectivity index is 0.00000121. The fourth-order valence-corrected chi connectivity index (χ4v) is 0.576. The van der Waals surface area contributed by atoms with Crippen molar-refractivity contribution in [3.63, 3.8) is 0 Å². The van der Waals surface area contributed by atoms with Gasteiger partial charge in [0.05, 0.1) is 0 Å². The Hall–Kier alpha value is -1.03. The summed E-state index contributed by atoms with van der Waals surface area (Å²) in [5.74, 6) is -4.62. The van der Waals surface area contributed by atoms with Crippen LogP contribution < -0.4 is 0 Å². The molecule has 0 aromatic heterocycles. The molecule has 0 unspecified atom stereocenters. The number of carboxylic acid groups (broad SMARTS) is 1. The van der Waals surface area contributed by atoms with E-state index in [0.29, 0.717) is 0 Å². The Morgan fingerprint density at radius 3 is 1.92 bits per heavy atom. The summed E-state index contributed by atoms with van der Waals surface area (Å²) in [7, 11) is 0. The summed E-state index contributed by atoms with van der Waals surface area (Å²) in [6, 6.07) is 0. The van der Waals surface area contributed by atoms with Crippen LogP contribution in [0.25, 0.3) is 0 Å². The van der Waals surface area contributed by atoms with Crippen molar-refractivity contribution in [3.05, 3.63) is 0 Å². The fraction of sp³-hybridized carbons (Fsp3) is 0.200. The smallest absolute Gasteiger partial charge is 0.315 e. The minimum absolute atomic E-state index is 0. The van der Waals surface area contributed by atoms with Crippen LogP contribution in [0.1, 0.15) is 0 Å². The van der Waals surface area contributed by atoms with Gasteiger partial charge in [0.25, 0.3) is 0 Å². The van der Waals surface area contributed by atoms with Gasteiger partial charge >= 0.3 is 17.9 Å². The van der Waals surface area contributed by atoms with Gasteiger partial charge in [0.1, 0.15) is 0 Å². The monoisotopic (exact) mass is 341 g/mol. The summed E-state index contributed by atoms with van der Waals surface area (Å²) < 4.78 is 3.69. The van der Waals surface area contributed by atoms with Crippen LogP contribution >= 0.6 is 0 Å². The molecule has 1 saturated heterocycles. The molecule has 1 N–H and O–H groups in total. The van der Waals surface area contributed by atoms with Crippen LogP contribution in [0.4, 0.5) is 0 Å². The molecule has 0 radical (unpaired) electrons. The standard InChI is InChI=1S/C5HO6.W/c6-1-5(2(7)8)3(9)11-4(5)10;/h(H,7,8);/q-1;. The maximum Gasteiger partial charge on any atom is 0.315 e. The molecule has 1 rings (SSSR count). The van der Waals surface area contributed by atoms with Crippen molar-refractivity contribution in [2.24, 2.45) is 5.41 Å². The van der Waals surface area contributed by atoms with E-state index in [1.54, 1.807) is 0 Å². The molecule has 0 aromatic carbocycles. The molecule has 1 fully saturated rings. The molecule has 12 heavy (non-hydrogen) atoms. The number of hydrogen-bond acceptors (Lipinski definition) is 5. The van der Waals surface area contributed by atoms with E-state index in [9.17, 15) is 19.2 Å². The van der Waals surface area contributed by atoms with Crippen LogP contribution in [0, 0.1) is 5.41 Å². The van der Waals surface area contributed by atoms with Gasteiger partial charge in [-0.1, -0.05) is 0 Å². The second-order valence-corrected chi connectivity index (χ2v) is 1.83. The first-order valence-electron chi connectivity index (χ1n) is 2.45. The molecule has 0 aliphatic carbocycles. The van der Waals surface area contributed by atoms with E-state index in [2.05, 4.69) is 4.74 Å². The molecule has 1 aliphatic heterocycles. The van der Waals surface area contributed by atoms with Crippen LogP contribution in [-0.4, -0.2) is 29.3 Å². The third-order valence-corrected chi connectivity index (χ3v) is 1.27. The van der Waals surface area contributed by atoms with Crippen LogP contribution in [0.3, 0.4) is 0 Å². The minimum Gasteiger partial charge on any atom is -0.540 e. The Morgan fingerprint density at radius 1 is 1.42 bits per heavy atom. The molecule has 1 heterocycles. The molecule has 0 amide bonds. The van der Waals surface area contributed by atoms with Crippen molar-refractivity contribution in [2.75, 3.05) is 0 Å². The third kappa shape index (κ3) is 0.991. The normalized spacial score (nSPS) is 18.3. The summed E-state index contributed by atoms with van der Waals surface area (Å²) in [5, 5.41) is 8.24. The third-order valence-electron chi connectivity index (χ3n) is 1.27. The molecule has 0 spiro atoms. The first-order valence-corrected chi connectivity index (χ1v) is 2.45. The first-order chi connectivity index (χ1) is 5.05. The average molecular weight is 341 g/mol. The number of ether oxygens (including phenoxy) is 1. The van der Waals surface area contributed by atoms with E-state index in [0.717, 1.165) is 6.29 Å². The molecule has 1 aliphatic rings. The number of cyclic esters (lactones) is 2. The van der Waals surface area contributed by atoms with Crippen molar-refractivity contribution < 1.29 is 50.1 Å². The van der Waals surface area contributed by atoms with Gasteiger partial charge in [0.2, 0.25) is 0 Å². The Kier molecular flexibility index (Phi) is 2.87. The maximum atomic E-state index is 10.3. The van der Waals surface area contributed by atoms with Crippen LogP contribution in [-0.2, 0) is 45.0 Å². The summed E-state index contributed by atoms with van der Waals surface area (Å²) >= 11 is 0. The van der Waals surface area contributed by atoms with Crippen molar-refractivity contribution in [1.82, 2.24) is 0 Å². The van der Waals surface area contributed by atoms with E-state index in [-0.39, 0.29) is 21.1 Å². The second-order valence-electron chi connectivity index (χ2n) is 1.83. The minimum atomic E-state index is -2.71. The Morgan fingerprint density at radius 2 is 1.83 bits per heavy atom. The van der Waals surface area contributed by atoms with E-state index in [1.165, 1.54) is 0 Å². The summed E-state index contributed by atoms with van der Waals surface area (Å²) in [4.78, 5) is 40.8. The van der Waals surface area contributed by atoms with Crippen LogP contribution in [0.5, 0.6) is 0 Å². The topological polar surface area (TPSA) is 97.7 Å². The van der Waals surface area contributed by atoms with Gasteiger partial charge in [-0.2, -0.15) is 0 Å². The molecular weight excluding hydrogens is 340 g/mol. The van der Waals surface area contributed by atoms with Gasteiger partial charge in [-0.05, 0) is 0 Å². The zero-order valence-electron chi connectivity index (χ0n) is 5.40. The molecule has 0 atom stereocenters. The van der Waals surface area contributed by atoms with E-state index in [4.69, 9.17) is 5.11 Å². The van der Waals surface area contributed by atoms with Crippen molar-refractivity contribution in [2.45, 2.75) is 0 Å². The largest absolute Gasteiger partial charge is 0.540 e. The van der Waals surface area contributed by atoms with Crippen LogP contribution in [0.15, 0.2) is 0 Å². The van der Waals surface area contributed by atoms with Crippen molar-refractivity contribution in [1.29, 1.82) is 0 Å². The first kappa shape index (κ1) is 11.0. The fourth-order valence-electron chi connectivity index (χ4n) is 0.576. The molecule has 0 aromatic rings. The Bertz CT molecular complexity index is 241. The SMILES string of the molecule is O=[C-]C1(C(=O)O)C(=O)OC1=O.[W]. The average Bonchev–Trinajstić information content (AvgIpc) is 1.88. The predicted octanol–water partition coefficient (Wildman–Crippen LogP) is -1.75. The van der Waals surface area contributed by atoms with Gasteiger partial charge in [-0.3, -0.25) is 14.4 Å². The van der Waals surface area contributed by atoms with E-state index >= 15 is 0 Å². The number of carbonyl (C=O) groups excluding carboxylic acids is 3. The van der Waals surface area contributed by atoms with Gasteiger partial charge in [0, 0.05) is 21.1 Å². The Labute approximate surface area is 80.1 Å². The summed E-state index contributed by atoms with van der Waals surface area (Å²) in [6.07, 6.45) is 0.840. The van der Waals surface area contributed by atoms with Crippen molar-refractivity contribution in [3.8, 4) is 0 Å². The number of rotatable bonds is 2. The number of aliphatic carboxylic acids is 1. The number of hydrogen-bond donors (Lipinski definition) is 1. The number of carbonyl (C=O) groups is 3.